The maximum absolute atomic E-state index is 13.1. The van der Waals surface area contributed by atoms with Gasteiger partial charge in [0.25, 0.3) is 0 Å². The fourth-order valence-corrected chi connectivity index (χ4v) is 2.09. The minimum Gasteiger partial charge on any atom is -0.356 e. The Morgan fingerprint density at radius 2 is 2.21 bits per heavy atom. The Hall–Kier alpha value is -1.49. The van der Waals surface area contributed by atoms with Crippen LogP contribution in [0.15, 0.2) is 18.2 Å². The first-order chi connectivity index (χ1) is 9.02. The van der Waals surface area contributed by atoms with Gasteiger partial charge in [-0.25, -0.2) is 8.78 Å². The van der Waals surface area contributed by atoms with Gasteiger partial charge in [-0.1, -0.05) is 13.0 Å². The highest BCUT2D eigenvalue weighted by molar-refractivity contribution is 5.82. The third kappa shape index (κ3) is 3.29. The van der Waals surface area contributed by atoms with Crippen molar-refractivity contribution in [1.82, 2.24) is 5.32 Å². The summed E-state index contributed by atoms with van der Waals surface area (Å²) < 4.78 is 25.9. The Morgan fingerprint density at radius 1 is 1.47 bits per heavy atom. The Morgan fingerprint density at radius 3 is 2.84 bits per heavy atom. The van der Waals surface area contributed by atoms with Gasteiger partial charge in [0.1, 0.15) is 0 Å². The highest BCUT2D eigenvalue weighted by atomic mass is 19.2. The van der Waals surface area contributed by atoms with Crippen molar-refractivity contribution in [1.29, 1.82) is 0 Å². The molecular weight excluding hydrogens is 250 g/mol. The lowest BCUT2D eigenvalue weighted by atomic mass is 10.1. The van der Waals surface area contributed by atoms with Gasteiger partial charge in [0.15, 0.2) is 11.6 Å². The molecule has 0 bridgehead atoms. The summed E-state index contributed by atoms with van der Waals surface area (Å²) in [5.74, 6) is -1.64. The molecule has 1 aromatic carbocycles. The first kappa shape index (κ1) is 13.9. The van der Waals surface area contributed by atoms with E-state index in [1.54, 1.807) is 6.07 Å². The summed E-state index contributed by atoms with van der Waals surface area (Å²) in [6.07, 6.45) is 0.688. The van der Waals surface area contributed by atoms with Crippen LogP contribution in [0.1, 0.15) is 24.8 Å². The van der Waals surface area contributed by atoms with Crippen LogP contribution < -0.4 is 11.1 Å². The molecule has 0 radical (unpaired) electrons. The maximum atomic E-state index is 13.1. The van der Waals surface area contributed by atoms with Crippen LogP contribution in [0.5, 0.6) is 0 Å². The predicted octanol–water partition coefficient (Wildman–Crippen LogP) is 1.78. The third-order valence-electron chi connectivity index (χ3n) is 3.53. The van der Waals surface area contributed by atoms with Crippen molar-refractivity contribution in [3.05, 3.63) is 35.4 Å². The Labute approximate surface area is 111 Å². The molecule has 1 aromatic rings. The lowest BCUT2D eigenvalue weighted by Crippen LogP contribution is -2.32. The van der Waals surface area contributed by atoms with Crippen molar-refractivity contribution >= 4 is 5.91 Å². The zero-order chi connectivity index (χ0) is 14.0. The van der Waals surface area contributed by atoms with Crippen LogP contribution in [0.25, 0.3) is 0 Å². The number of nitrogens with one attached hydrogen (secondary N) is 1. The maximum Gasteiger partial charge on any atom is 0.223 e. The molecule has 0 aliphatic heterocycles. The van der Waals surface area contributed by atoms with Crippen molar-refractivity contribution in [2.75, 3.05) is 13.1 Å². The molecule has 1 aliphatic carbocycles. The molecule has 0 aromatic heterocycles. The second kappa shape index (κ2) is 5.65. The number of nitrogens with two attached hydrogens (primary N) is 1. The summed E-state index contributed by atoms with van der Waals surface area (Å²) in [4.78, 5) is 11.8. The van der Waals surface area contributed by atoms with E-state index in [-0.39, 0.29) is 23.7 Å². The second-order valence-corrected chi connectivity index (χ2v) is 5.21. The lowest BCUT2D eigenvalue weighted by molar-refractivity contribution is -0.122. The predicted molar refractivity (Wildman–Crippen MR) is 68.4 cm³/mol. The summed E-state index contributed by atoms with van der Waals surface area (Å²) >= 11 is 0. The summed E-state index contributed by atoms with van der Waals surface area (Å²) in [6.45, 7) is 3.04. The third-order valence-corrected chi connectivity index (χ3v) is 3.53. The summed E-state index contributed by atoms with van der Waals surface area (Å²) in [6, 6.07) is 3.82. The molecule has 104 valence electrons. The first-order valence-corrected chi connectivity index (χ1v) is 6.45. The lowest BCUT2D eigenvalue weighted by Gasteiger charge is -2.09. The van der Waals surface area contributed by atoms with Gasteiger partial charge in [0.2, 0.25) is 5.91 Å². The van der Waals surface area contributed by atoms with Crippen LogP contribution in [0.3, 0.4) is 0 Å². The average molecular weight is 268 g/mol. The van der Waals surface area contributed by atoms with E-state index in [9.17, 15) is 13.6 Å². The zero-order valence-electron chi connectivity index (χ0n) is 10.8. The smallest absolute Gasteiger partial charge is 0.223 e. The molecule has 3 atom stereocenters. The van der Waals surface area contributed by atoms with E-state index in [0.29, 0.717) is 25.1 Å². The van der Waals surface area contributed by atoms with Gasteiger partial charge in [-0.15, -0.1) is 0 Å². The number of hydrogen-bond donors (Lipinski definition) is 2. The molecule has 3 unspecified atom stereocenters. The number of carbonyl (C=O) groups excluding carboxylic acids is 1. The van der Waals surface area contributed by atoms with Gasteiger partial charge >= 0.3 is 0 Å². The molecule has 1 saturated carbocycles. The van der Waals surface area contributed by atoms with Gasteiger partial charge in [-0.05, 0) is 42.5 Å². The normalized spacial score (nSPS) is 22.9. The van der Waals surface area contributed by atoms with Gasteiger partial charge in [0.05, 0.1) is 0 Å². The minimum absolute atomic E-state index is 0.00304. The topological polar surface area (TPSA) is 55.1 Å². The van der Waals surface area contributed by atoms with Gasteiger partial charge < -0.3 is 11.1 Å². The first-order valence-electron chi connectivity index (χ1n) is 6.45. The second-order valence-electron chi connectivity index (χ2n) is 5.21. The fourth-order valence-electron chi connectivity index (χ4n) is 2.09. The summed E-state index contributed by atoms with van der Waals surface area (Å²) in [7, 11) is 0. The molecule has 3 N–H and O–H groups in total. The molecule has 19 heavy (non-hydrogen) atoms. The van der Waals surface area contributed by atoms with E-state index in [1.165, 1.54) is 6.07 Å². The SMILES string of the molecule is CC(CN)CNC(=O)C1CC1c1ccc(F)c(F)c1. The molecule has 2 rings (SSSR count). The van der Waals surface area contributed by atoms with Crippen molar-refractivity contribution < 1.29 is 13.6 Å². The quantitative estimate of drug-likeness (QED) is 0.855. The molecule has 5 heteroatoms. The molecule has 1 amide bonds. The molecule has 0 saturated heterocycles. The van der Waals surface area contributed by atoms with Crippen molar-refractivity contribution in [3.63, 3.8) is 0 Å². The Balaban J connectivity index is 1.89. The highest BCUT2D eigenvalue weighted by Gasteiger charge is 2.44. The monoisotopic (exact) mass is 268 g/mol. The molecule has 3 nitrogen and oxygen atoms in total. The zero-order valence-corrected chi connectivity index (χ0v) is 10.8. The molecule has 1 fully saturated rings. The van der Waals surface area contributed by atoms with E-state index in [1.807, 2.05) is 6.92 Å². The van der Waals surface area contributed by atoms with Gasteiger partial charge in [-0.3, -0.25) is 4.79 Å². The van der Waals surface area contributed by atoms with Crippen LogP contribution in [0.4, 0.5) is 8.78 Å². The van der Waals surface area contributed by atoms with Crippen LogP contribution in [-0.2, 0) is 4.79 Å². The molecule has 0 spiro atoms. The van der Waals surface area contributed by atoms with E-state index >= 15 is 0 Å². The number of benzene rings is 1. The van der Waals surface area contributed by atoms with E-state index in [4.69, 9.17) is 5.73 Å². The largest absolute Gasteiger partial charge is 0.356 e. The molecule has 1 aliphatic rings. The Bertz CT molecular complexity index is 479. The fraction of sp³-hybridized carbons (Fsp3) is 0.500. The van der Waals surface area contributed by atoms with E-state index in [0.717, 1.165) is 6.07 Å². The number of rotatable bonds is 5. The molecular formula is C14H18F2N2O. The van der Waals surface area contributed by atoms with Crippen molar-refractivity contribution in [2.45, 2.75) is 19.3 Å². The number of halogens is 2. The van der Waals surface area contributed by atoms with Gasteiger partial charge in [-0.2, -0.15) is 0 Å². The van der Waals surface area contributed by atoms with E-state index < -0.39 is 11.6 Å². The number of carbonyl (C=O) groups is 1. The van der Waals surface area contributed by atoms with Crippen LogP contribution >= 0.6 is 0 Å². The highest BCUT2D eigenvalue weighted by Crippen LogP contribution is 2.47. The van der Waals surface area contributed by atoms with Crippen molar-refractivity contribution in [2.24, 2.45) is 17.6 Å². The van der Waals surface area contributed by atoms with Crippen LogP contribution in [0.2, 0.25) is 0 Å². The average Bonchev–Trinajstić information content (AvgIpc) is 3.19. The number of hydrogen-bond acceptors (Lipinski definition) is 2. The number of amides is 1. The van der Waals surface area contributed by atoms with Gasteiger partial charge in [0, 0.05) is 12.5 Å². The van der Waals surface area contributed by atoms with Crippen LogP contribution in [0, 0.1) is 23.5 Å². The standard InChI is InChI=1S/C14H18F2N2O/c1-8(6-17)7-18-14(19)11-5-10(11)9-2-3-12(15)13(16)4-9/h2-4,8,10-11H,5-7,17H2,1H3,(H,18,19). The summed E-state index contributed by atoms with van der Waals surface area (Å²) in [5.41, 5.74) is 6.16. The van der Waals surface area contributed by atoms with E-state index in [2.05, 4.69) is 5.32 Å². The Kier molecular flexibility index (Phi) is 4.14. The van der Waals surface area contributed by atoms with Crippen LogP contribution in [-0.4, -0.2) is 19.0 Å². The summed E-state index contributed by atoms with van der Waals surface area (Å²) in [5, 5.41) is 2.83. The minimum atomic E-state index is -0.861. The molecule has 0 heterocycles. The van der Waals surface area contributed by atoms with Crippen molar-refractivity contribution in [3.8, 4) is 0 Å².